The zero-order valence-corrected chi connectivity index (χ0v) is 19.1. The smallest absolute Gasteiger partial charge is 0.181 e. The molecule has 1 heterocycles. The van der Waals surface area contributed by atoms with E-state index in [0.717, 1.165) is 0 Å². The third kappa shape index (κ3) is 5.05. The maximum absolute atomic E-state index is 13.2. The molecular weight excluding hydrogens is 464 g/mol. The minimum Gasteiger partial charge on any atom is -0.298 e. The molecule has 1 fully saturated rings. The second-order valence-electron chi connectivity index (χ2n) is 8.09. The van der Waals surface area contributed by atoms with Gasteiger partial charge in [0.15, 0.2) is 11.6 Å². The second kappa shape index (κ2) is 9.94. The van der Waals surface area contributed by atoms with Gasteiger partial charge in [0.05, 0.1) is 0 Å². The van der Waals surface area contributed by atoms with E-state index in [0.29, 0.717) is 35.2 Å². The van der Waals surface area contributed by atoms with Gasteiger partial charge in [0.25, 0.3) is 0 Å². The van der Waals surface area contributed by atoms with E-state index in [-0.39, 0.29) is 46.1 Å². The van der Waals surface area contributed by atoms with Crippen molar-refractivity contribution < 1.29 is 18.8 Å². The lowest BCUT2D eigenvalue weighted by atomic mass is 9.91. The summed E-state index contributed by atoms with van der Waals surface area (Å²) >= 11 is 12.9. The number of carbonyl (C=O) groups excluding carboxylic acids is 3. The van der Waals surface area contributed by atoms with Crippen LogP contribution in [0.15, 0.2) is 60.8 Å². The van der Waals surface area contributed by atoms with E-state index in [2.05, 4.69) is 4.98 Å². The van der Waals surface area contributed by atoms with Crippen LogP contribution in [0.25, 0.3) is 11.1 Å². The molecule has 0 aliphatic heterocycles. The topological polar surface area (TPSA) is 64.1 Å². The van der Waals surface area contributed by atoms with Gasteiger partial charge in [0, 0.05) is 40.6 Å². The number of rotatable bonds is 7. The minimum absolute atomic E-state index is 0.0913. The van der Waals surface area contributed by atoms with Crippen LogP contribution in [0, 0.1) is 11.7 Å². The Morgan fingerprint density at radius 3 is 2.33 bits per heavy atom. The van der Waals surface area contributed by atoms with Gasteiger partial charge < -0.3 is 0 Å². The predicted molar refractivity (Wildman–Crippen MR) is 125 cm³/mol. The molecule has 0 saturated heterocycles. The number of halogens is 3. The maximum Gasteiger partial charge on any atom is 0.181 e. The Kier molecular flexibility index (Phi) is 7.01. The third-order valence-corrected chi connectivity index (χ3v) is 6.53. The first kappa shape index (κ1) is 23.3. The van der Waals surface area contributed by atoms with Crippen molar-refractivity contribution in [2.75, 3.05) is 0 Å². The molecule has 168 valence electrons. The highest BCUT2D eigenvalue weighted by Gasteiger charge is 2.43. The van der Waals surface area contributed by atoms with Crippen molar-refractivity contribution in [3.05, 3.63) is 87.9 Å². The number of ketones is 3. The fraction of sp³-hybridized carbons (Fsp3) is 0.231. The summed E-state index contributed by atoms with van der Waals surface area (Å²) < 4.78 is 13.2. The normalized spacial score (nSPS) is 18.0. The van der Waals surface area contributed by atoms with Crippen LogP contribution in [0.5, 0.6) is 0 Å². The van der Waals surface area contributed by atoms with Gasteiger partial charge in [0.1, 0.15) is 23.2 Å². The fourth-order valence-electron chi connectivity index (χ4n) is 4.24. The summed E-state index contributed by atoms with van der Waals surface area (Å²) in [7, 11) is 0. The van der Waals surface area contributed by atoms with Crippen LogP contribution < -0.4 is 0 Å². The van der Waals surface area contributed by atoms with Gasteiger partial charge in [0.2, 0.25) is 0 Å². The van der Waals surface area contributed by atoms with Crippen LogP contribution in [0.1, 0.15) is 47.7 Å². The van der Waals surface area contributed by atoms with Crippen LogP contribution in [0.4, 0.5) is 4.39 Å². The van der Waals surface area contributed by atoms with Gasteiger partial charge in [-0.15, -0.1) is 0 Å². The Balaban J connectivity index is 1.47. The Hall–Kier alpha value is -2.89. The molecule has 0 radical (unpaired) electrons. The average Bonchev–Trinajstić information content (AvgIpc) is 3.07. The summed E-state index contributed by atoms with van der Waals surface area (Å²) in [5, 5.41) is 0.444. The predicted octanol–water partition coefficient (Wildman–Crippen LogP) is 6.49. The Morgan fingerprint density at radius 1 is 1.00 bits per heavy atom. The quantitative estimate of drug-likeness (QED) is 0.284. The van der Waals surface area contributed by atoms with Crippen molar-refractivity contribution in [3.63, 3.8) is 0 Å². The van der Waals surface area contributed by atoms with E-state index < -0.39 is 11.8 Å². The molecule has 7 heteroatoms. The summed E-state index contributed by atoms with van der Waals surface area (Å²) in [6.07, 6.45) is 2.84. The van der Waals surface area contributed by atoms with Crippen LogP contribution in [0.3, 0.4) is 0 Å². The van der Waals surface area contributed by atoms with Gasteiger partial charge in [-0.25, -0.2) is 4.39 Å². The number of aromatic nitrogens is 1. The average molecular weight is 484 g/mol. The summed E-state index contributed by atoms with van der Waals surface area (Å²) in [5.41, 5.74) is 2.08. The highest BCUT2D eigenvalue weighted by Crippen LogP contribution is 2.42. The minimum atomic E-state index is -1.01. The molecule has 2 aromatic carbocycles. The SMILES string of the molecule is O=C(CCCC1CC(=O)C(c2c(Cl)cc(-c3ccc(F)cc3)cc2Cl)C1=O)c1ccccn1. The van der Waals surface area contributed by atoms with Gasteiger partial charge >= 0.3 is 0 Å². The van der Waals surface area contributed by atoms with Crippen molar-refractivity contribution in [2.24, 2.45) is 5.92 Å². The molecule has 2 unspecified atom stereocenters. The van der Waals surface area contributed by atoms with Gasteiger partial charge in [-0.2, -0.15) is 0 Å². The number of pyridine rings is 1. The number of hydrogen-bond acceptors (Lipinski definition) is 4. The first-order valence-electron chi connectivity index (χ1n) is 10.6. The summed E-state index contributed by atoms with van der Waals surface area (Å²) in [4.78, 5) is 42.1. The standard InChI is InChI=1S/C26H20Cl2FNO3/c27-19-12-17(15-7-9-18(29)10-8-15)13-20(28)24(19)25-23(32)14-16(26(25)33)4-3-6-22(31)21-5-1-2-11-30-21/h1-2,5,7-13,16,25H,3-4,6,14H2. The molecule has 1 aliphatic rings. The molecular formula is C26H20Cl2FNO3. The zero-order chi connectivity index (χ0) is 23.5. The molecule has 1 saturated carbocycles. The van der Waals surface area contributed by atoms with Crippen LogP contribution >= 0.6 is 23.2 Å². The summed E-state index contributed by atoms with van der Waals surface area (Å²) in [5.74, 6) is -2.37. The highest BCUT2D eigenvalue weighted by atomic mass is 35.5. The molecule has 2 atom stereocenters. The molecule has 0 spiro atoms. The summed E-state index contributed by atoms with van der Waals surface area (Å²) in [6, 6.07) is 14.3. The van der Waals surface area contributed by atoms with Crippen molar-refractivity contribution in [3.8, 4) is 11.1 Å². The number of benzene rings is 2. The zero-order valence-electron chi connectivity index (χ0n) is 17.6. The van der Waals surface area contributed by atoms with E-state index in [1.807, 2.05) is 0 Å². The molecule has 0 N–H and O–H groups in total. The number of nitrogens with zero attached hydrogens (tertiary/aromatic N) is 1. The lowest BCUT2D eigenvalue weighted by Gasteiger charge is -2.15. The number of hydrogen-bond donors (Lipinski definition) is 0. The Morgan fingerprint density at radius 2 is 1.70 bits per heavy atom. The number of carbonyl (C=O) groups is 3. The van der Waals surface area contributed by atoms with Gasteiger partial charge in [-0.05, 0) is 60.4 Å². The maximum atomic E-state index is 13.2. The van der Waals surface area contributed by atoms with E-state index in [1.165, 1.54) is 12.1 Å². The third-order valence-electron chi connectivity index (χ3n) is 5.91. The van der Waals surface area contributed by atoms with E-state index in [9.17, 15) is 18.8 Å². The van der Waals surface area contributed by atoms with Gasteiger partial charge in [-0.3, -0.25) is 19.4 Å². The summed E-state index contributed by atoms with van der Waals surface area (Å²) in [6.45, 7) is 0. The van der Waals surface area contributed by atoms with Crippen molar-refractivity contribution in [1.82, 2.24) is 4.98 Å². The Bertz CT molecular complexity index is 1190. The van der Waals surface area contributed by atoms with Crippen LogP contribution in [0.2, 0.25) is 10.0 Å². The first-order chi connectivity index (χ1) is 15.8. The van der Waals surface area contributed by atoms with E-state index in [1.54, 1.807) is 48.7 Å². The second-order valence-corrected chi connectivity index (χ2v) is 8.91. The number of Topliss-reactive ketones (excluding diaryl/α,β-unsaturated/α-hetero) is 3. The van der Waals surface area contributed by atoms with Gasteiger partial charge in [-0.1, -0.05) is 41.4 Å². The first-order valence-corrected chi connectivity index (χ1v) is 11.4. The Labute approximate surface area is 200 Å². The van der Waals surface area contributed by atoms with Crippen molar-refractivity contribution >= 4 is 40.6 Å². The van der Waals surface area contributed by atoms with E-state index >= 15 is 0 Å². The van der Waals surface area contributed by atoms with Crippen LogP contribution in [-0.4, -0.2) is 22.3 Å². The molecule has 1 aromatic heterocycles. The van der Waals surface area contributed by atoms with E-state index in [4.69, 9.17) is 23.2 Å². The van der Waals surface area contributed by atoms with Crippen LogP contribution in [-0.2, 0) is 9.59 Å². The van der Waals surface area contributed by atoms with Crippen molar-refractivity contribution in [1.29, 1.82) is 0 Å². The lowest BCUT2D eigenvalue weighted by Crippen LogP contribution is -2.16. The molecule has 0 amide bonds. The highest BCUT2D eigenvalue weighted by molar-refractivity contribution is 6.38. The molecule has 4 nitrogen and oxygen atoms in total. The monoisotopic (exact) mass is 483 g/mol. The molecule has 0 bridgehead atoms. The molecule has 33 heavy (non-hydrogen) atoms. The largest absolute Gasteiger partial charge is 0.298 e. The fourth-order valence-corrected chi connectivity index (χ4v) is 4.94. The van der Waals surface area contributed by atoms with Crippen molar-refractivity contribution in [2.45, 2.75) is 31.6 Å². The lowest BCUT2D eigenvalue weighted by molar-refractivity contribution is -0.124. The molecule has 1 aliphatic carbocycles. The molecule has 4 rings (SSSR count). The molecule has 3 aromatic rings.